The highest BCUT2D eigenvalue weighted by molar-refractivity contribution is 6.31. The number of hydrogen-bond acceptors (Lipinski definition) is 4. The van der Waals surface area contributed by atoms with Crippen LogP contribution in [0.2, 0.25) is 5.02 Å². The van der Waals surface area contributed by atoms with Gasteiger partial charge in [0.25, 0.3) is 5.69 Å². The summed E-state index contributed by atoms with van der Waals surface area (Å²) in [5.41, 5.74) is -0.515. The van der Waals surface area contributed by atoms with Gasteiger partial charge in [0.2, 0.25) is 0 Å². The van der Waals surface area contributed by atoms with E-state index in [0.29, 0.717) is 5.56 Å². The highest BCUT2D eigenvalue weighted by Crippen LogP contribution is 2.33. The van der Waals surface area contributed by atoms with Crippen molar-refractivity contribution < 1.29 is 22.9 Å². The lowest BCUT2D eigenvalue weighted by Crippen LogP contribution is -2.12. The average Bonchev–Trinajstić information content (AvgIpc) is 2.54. The third-order valence-corrected chi connectivity index (χ3v) is 3.49. The van der Waals surface area contributed by atoms with Crippen LogP contribution in [0, 0.1) is 10.1 Å². The molecule has 0 N–H and O–H groups in total. The van der Waals surface area contributed by atoms with Gasteiger partial charge in [-0.25, -0.2) is 0 Å². The van der Waals surface area contributed by atoms with E-state index in [9.17, 15) is 23.3 Å². The monoisotopic (exact) mass is 372 g/mol. The Morgan fingerprint density at radius 1 is 1.24 bits per heavy atom. The molecule has 0 unspecified atom stereocenters. The van der Waals surface area contributed by atoms with Gasteiger partial charge >= 0.3 is 6.18 Å². The molecule has 2 aromatic carbocycles. The van der Waals surface area contributed by atoms with Gasteiger partial charge in [-0.05, 0) is 42.8 Å². The summed E-state index contributed by atoms with van der Waals surface area (Å²) in [6.07, 6.45) is -4.55. The minimum Gasteiger partial charge on any atom is -0.391 e. The maximum absolute atomic E-state index is 13.0. The summed E-state index contributed by atoms with van der Waals surface area (Å²) >= 11 is 5.76. The second-order valence-electron chi connectivity index (χ2n) is 5.06. The van der Waals surface area contributed by atoms with Crippen LogP contribution in [0.3, 0.4) is 0 Å². The molecule has 0 spiro atoms. The molecule has 0 radical (unpaired) electrons. The number of alkyl halides is 3. The zero-order valence-corrected chi connectivity index (χ0v) is 13.6. The predicted molar refractivity (Wildman–Crippen MR) is 86.6 cm³/mol. The Morgan fingerprint density at radius 3 is 2.44 bits per heavy atom. The number of nitro benzene ring substituents is 1. The van der Waals surface area contributed by atoms with Crippen molar-refractivity contribution in [2.45, 2.75) is 19.7 Å². The van der Waals surface area contributed by atoms with E-state index in [-0.39, 0.29) is 28.6 Å². The fraction of sp³-hybridized carbons (Fsp3) is 0.188. The highest BCUT2D eigenvalue weighted by Gasteiger charge is 2.34. The summed E-state index contributed by atoms with van der Waals surface area (Å²) in [6, 6.07) is 8.75. The second kappa shape index (κ2) is 7.52. The van der Waals surface area contributed by atoms with Crippen LogP contribution >= 0.6 is 11.6 Å². The number of rotatable bonds is 5. The van der Waals surface area contributed by atoms with Crippen molar-refractivity contribution in [2.75, 3.05) is 0 Å². The molecule has 2 aromatic rings. The molecule has 0 heterocycles. The van der Waals surface area contributed by atoms with Gasteiger partial charge in [0.1, 0.15) is 6.61 Å². The Hall–Kier alpha value is -2.61. The van der Waals surface area contributed by atoms with Crippen LogP contribution < -0.4 is 0 Å². The highest BCUT2D eigenvalue weighted by atomic mass is 35.5. The first kappa shape index (κ1) is 18.7. The van der Waals surface area contributed by atoms with Gasteiger partial charge in [-0.2, -0.15) is 13.2 Å². The number of nitro groups is 1. The molecule has 25 heavy (non-hydrogen) atoms. The summed E-state index contributed by atoms with van der Waals surface area (Å²) in [5, 5.41) is 14.4. The van der Waals surface area contributed by atoms with Crippen LogP contribution in [0.4, 0.5) is 18.9 Å². The second-order valence-corrected chi connectivity index (χ2v) is 5.50. The molecular formula is C16H12ClF3N2O3. The van der Waals surface area contributed by atoms with Crippen molar-refractivity contribution in [1.29, 1.82) is 0 Å². The van der Waals surface area contributed by atoms with Crippen LogP contribution in [-0.2, 0) is 17.6 Å². The fourth-order valence-corrected chi connectivity index (χ4v) is 2.20. The zero-order chi connectivity index (χ0) is 18.6. The molecule has 0 aliphatic rings. The van der Waals surface area contributed by atoms with E-state index < -0.39 is 16.7 Å². The fourth-order valence-electron chi connectivity index (χ4n) is 2.03. The maximum Gasteiger partial charge on any atom is 0.417 e. The van der Waals surface area contributed by atoms with E-state index >= 15 is 0 Å². The lowest BCUT2D eigenvalue weighted by Gasteiger charge is -2.12. The molecule has 9 heteroatoms. The zero-order valence-electron chi connectivity index (χ0n) is 12.9. The molecule has 0 saturated carbocycles. The third-order valence-electron chi connectivity index (χ3n) is 3.26. The number of non-ortho nitro benzene ring substituents is 1. The third kappa shape index (κ3) is 4.93. The van der Waals surface area contributed by atoms with Crippen LogP contribution in [0.5, 0.6) is 0 Å². The molecule has 0 amide bonds. The van der Waals surface area contributed by atoms with Gasteiger partial charge in [-0.1, -0.05) is 16.8 Å². The molecule has 0 aromatic heterocycles. The minimum absolute atomic E-state index is 0.0109. The van der Waals surface area contributed by atoms with Crippen LogP contribution in [0.25, 0.3) is 0 Å². The summed E-state index contributed by atoms with van der Waals surface area (Å²) < 4.78 is 39.1. The van der Waals surface area contributed by atoms with E-state index in [2.05, 4.69) is 5.16 Å². The number of halogens is 4. The van der Waals surface area contributed by atoms with Crippen molar-refractivity contribution in [1.82, 2.24) is 0 Å². The molecule has 0 aliphatic carbocycles. The predicted octanol–water partition coefficient (Wildman–Crippen LogP) is 5.21. The smallest absolute Gasteiger partial charge is 0.391 e. The Labute approximate surface area is 145 Å². The van der Waals surface area contributed by atoms with Crippen molar-refractivity contribution in [3.63, 3.8) is 0 Å². The molecule has 0 atom stereocenters. The Balaban J connectivity index is 2.14. The Kier molecular flexibility index (Phi) is 5.63. The Morgan fingerprint density at radius 2 is 1.88 bits per heavy atom. The van der Waals surface area contributed by atoms with Crippen molar-refractivity contribution in [3.8, 4) is 0 Å². The lowest BCUT2D eigenvalue weighted by atomic mass is 10.0. The molecule has 0 aliphatic heterocycles. The molecule has 132 valence electrons. The van der Waals surface area contributed by atoms with E-state index in [4.69, 9.17) is 16.4 Å². The molecule has 2 rings (SSSR count). The topological polar surface area (TPSA) is 64.7 Å². The van der Waals surface area contributed by atoms with Crippen LogP contribution in [0.15, 0.2) is 47.6 Å². The lowest BCUT2D eigenvalue weighted by molar-refractivity contribution is -0.384. The van der Waals surface area contributed by atoms with Gasteiger partial charge in [0, 0.05) is 22.7 Å². The summed E-state index contributed by atoms with van der Waals surface area (Å²) in [5.74, 6) is 0. The summed E-state index contributed by atoms with van der Waals surface area (Å²) in [6.45, 7) is 1.33. The SMILES string of the molecule is CC(=NOCc1ccc([N+](=O)[O-])cc1)c1cc(Cl)ccc1C(F)(F)F. The van der Waals surface area contributed by atoms with Gasteiger partial charge < -0.3 is 4.84 Å². The standard InChI is InChI=1S/C16H12ClF3N2O3/c1-10(14-8-12(17)4-7-15(14)16(18,19)20)21-25-9-11-2-5-13(6-3-11)22(23)24/h2-8H,9H2,1H3. The maximum atomic E-state index is 13.0. The Bertz CT molecular complexity index is 805. The first-order valence-electron chi connectivity index (χ1n) is 6.95. The largest absolute Gasteiger partial charge is 0.417 e. The molecular weight excluding hydrogens is 361 g/mol. The van der Waals surface area contributed by atoms with Gasteiger partial charge in [0.05, 0.1) is 16.2 Å². The summed E-state index contributed by atoms with van der Waals surface area (Å²) in [7, 11) is 0. The molecule has 0 saturated heterocycles. The number of oxime groups is 1. The van der Waals surface area contributed by atoms with Crippen molar-refractivity contribution >= 4 is 23.0 Å². The number of benzene rings is 2. The van der Waals surface area contributed by atoms with E-state index in [1.54, 1.807) is 0 Å². The number of hydrogen-bond donors (Lipinski definition) is 0. The summed E-state index contributed by atoms with van der Waals surface area (Å²) in [4.78, 5) is 15.1. The normalized spacial score (nSPS) is 12.1. The van der Waals surface area contributed by atoms with Crippen LogP contribution in [0.1, 0.15) is 23.6 Å². The van der Waals surface area contributed by atoms with Crippen molar-refractivity contribution in [3.05, 3.63) is 74.3 Å². The molecule has 0 fully saturated rings. The molecule has 0 bridgehead atoms. The van der Waals surface area contributed by atoms with Gasteiger partial charge in [-0.15, -0.1) is 0 Å². The van der Waals surface area contributed by atoms with Crippen LogP contribution in [-0.4, -0.2) is 10.6 Å². The quantitative estimate of drug-likeness (QED) is 0.411. The first-order chi connectivity index (χ1) is 11.7. The van der Waals surface area contributed by atoms with E-state index in [1.807, 2.05) is 0 Å². The van der Waals surface area contributed by atoms with Gasteiger partial charge in [-0.3, -0.25) is 10.1 Å². The minimum atomic E-state index is -4.55. The number of nitrogens with zero attached hydrogens (tertiary/aromatic N) is 2. The molecule has 5 nitrogen and oxygen atoms in total. The average molecular weight is 373 g/mol. The van der Waals surface area contributed by atoms with E-state index in [0.717, 1.165) is 12.1 Å². The van der Waals surface area contributed by atoms with E-state index in [1.165, 1.54) is 37.3 Å². The van der Waals surface area contributed by atoms with Gasteiger partial charge in [0.15, 0.2) is 0 Å². The first-order valence-corrected chi connectivity index (χ1v) is 7.33. The van der Waals surface area contributed by atoms with Crippen molar-refractivity contribution in [2.24, 2.45) is 5.16 Å².